The third-order valence-corrected chi connectivity index (χ3v) is 6.48. The van der Waals surface area contributed by atoms with Crippen molar-refractivity contribution in [3.8, 4) is 11.1 Å². The van der Waals surface area contributed by atoms with Crippen molar-refractivity contribution in [3.63, 3.8) is 0 Å². The van der Waals surface area contributed by atoms with Crippen LogP contribution in [-0.4, -0.2) is 4.98 Å². The lowest BCUT2D eigenvalue weighted by atomic mass is 9.91. The van der Waals surface area contributed by atoms with Gasteiger partial charge in [-0.1, -0.05) is 54.6 Å². The van der Waals surface area contributed by atoms with Crippen molar-refractivity contribution in [3.05, 3.63) is 118 Å². The summed E-state index contributed by atoms with van der Waals surface area (Å²) in [6.07, 6.45) is -2.32. The number of benzene rings is 3. The number of nitrogens with one attached hydrogen (secondary N) is 1. The zero-order chi connectivity index (χ0) is 23.5. The molecule has 0 aliphatic carbocycles. The molecule has 170 valence electrons. The molecule has 2 aromatic heterocycles. The lowest BCUT2D eigenvalue weighted by Gasteiger charge is -2.17. The normalized spacial score (nSPS) is 11.6. The first-order valence-corrected chi connectivity index (χ1v) is 11.8. The Morgan fingerprint density at radius 2 is 1.68 bits per heavy atom. The third-order valence-electron chi connectivity index (χ3n) is 5.75. The Balaban J connectivity index is 1.64. The van der Waals surface area contributed by atoms with Crippen molar-refractivity contribution in [1.82, 2.24) is 4.98 Å². The fourth-order valence-electron chi connectivity index (χ4n) is 4.17. The molecule has 0 fully saturated rings. The minimum atomic E-state index is -4.48. The second kappa shape index (κ2) is 9.31. The summed E-state index contributed by atoms with van der Waals surface area (Å²) in [7, 11) is 0. The van der Waals surface area contributed by atoms with Gasteiger partial charge in [0.1, 0.15) is 0 Å². The molecule has 2 nitrogen and oxygen atoms in total. The van der Waals surface area contributed by atoms with E-state index in [2.05, 4.69) is 21.7 Å². The van der Waals surface area contributed by atoms with Gasteiger partial charge in [0.15, 0.2) is 0 Å². The molecular formula is C28H21F3N2S. The Labute approximate surface area is 199 Å². The number of nitrogens with zero attached hydrogens (tertiary/aromatic N) is 1. The summed E-state index contributed by atoms with van der Waals surface area (Å²) in [5.74, 6) is 0. The van der Waals surface area contributed by atoms with Crippen LogP contribution in [0.15, 0.2) is 95.8 Å². The number of anilines is 1. The van der Waals surface area contributed by atoms with Gasteiger partial charge in [-0.3, -0.25) is 4.98 Å². The topological polar surface area (TPSA) is 24.9 Å². The molecule has 6 heteroatoms. The Hall–Kier alpha value is -3.64. The van der Waals surface area contributed by atoms with E-state index >= 15 is 0 Å². The van der Waals surface area contributed by atoms with Crippen LogP contribution in [0.4, 0.5) is 18.9 Å². The number of pyridine rings is 1. The first-order chi connectivity index (χ1) is 16.5. The van der Waals surface area contributed by atoms with Gasteiger partial charge in [-0.15, -0.1) is 0 Å². The van der Waals surface area contributed by atoms with Crippen molar-refractivity contribution in [1.29, 1.82) is 0 Å². The first kappa shape index (κ1) is 22.2. The summed E-state index contributed by atoms with van der Waals surface area (Å²) in [4.78, 5) is 4.29. The van der Waals surface area contributed by atoms with Gasteiger partial charge in [0.25, 0.3) is 0 Å². The number of fused-ring (bicyclic) bond motifs is 1. The monoisotopic (exact) mass is 474 g/mol. The van der Waals surface area contributed by atoms with E-state index in [1.807, 2.05) is 60.0 Å². The van der Waals surface area contributed by atoms with Gasteiger partial charge in [0, 0.05) is 23.8 Å². The van der Waals surface area contributed by atoms with E-state index in [-0.39, 0.29) is 5.52 Å². The molecule has 34 heavy (non-hydrogen) atoms. The van der Waals surface area contributed by atoms with E-state index in [1.165, 1.54) is 11.6 Å². The highest BCUT2D eigenvalue weighted by Crippen LogP contribution is 2.39. The maximum absolute atomic E-state index is 13.7. The lowest BCUT2D eigenvalue weighted by molar-refractivity contribution is -0.136. The summed E-state index contributed by atoms with van der Waals surface area (Å²) in [6, 6.07) is 24.1. The van der Waals surface area contributed by atoms with Crippen LogP contribution in [-0.2, 0) is 19.1 Å². The minimum absolute atomic E-state index is 0.0292. The summed E-state index contributed by atoms with van der Waals surface area (Å²) >= 11 is 1.64. The Morgan fingerprint density at radius 1 is 0.853 bits per heavy atom. The van der Waals surface area contributed by atoms with E-state index < -0.39 is 11.7 Å². The minimum Gasteiger partial charge on any atom is -0.381 e. The fraction of sp³-hybridized carbons (Fsp3) is 0.107. The molecule has 3 aromatic carbocycles. The van der Waals surface area contributed by atoms with Gasteiger partial charge < -0.3 is 5.32 Å². The highest BCUT2D eigenvalue weighted by atomic mass is 32.1. The maximum Gasteiger partial charge on any atom is 0.418 e. The number of hydrogen-bond donors (Lipinski definition) is 1. The molecule has 0 unspecified atom stereocenters. The molecule has 0 amide bonds. The molecule has 0 spiro atoms. The molecule has 2 heterocycles. The Bertz CT molecular complexity index is 1410. The summed E-state index contributed by atoms with van der Waals surface area (Å²) in [5, 5.41) is 8.04. The maximum atomic E-state index is 13.7. The van der Waals surface area contributed by atoms with Crippen molar-refractivity contribution >= 4 is 27.9 Å². The number of thiophene rings is 1. The van der Waals surface area contributed by atoms with Crippen molar-refractivity contribution in [2.24, 2.45) is 0 Å². The predicted octanol–water partition coefficient (Wildman–Crippen LogP) is 8.19. The Kier molecular flexibility index (Phi) is 6.07. The van der Waals surface area contributed by atoms with Gasteiger partial charge in [-0.05, 0) is 69.3 Å². The number of para-hydroxylation sites is 1. The third kappa shape index (κ3) is 4.68. The average Bonchev–Trinajstić information content (AvgIpc) is 3.36. The van der Waals surface area contributed by atoms with Crippen LogP contribution >= 0.6 is 11.3 Å². The molecule has 0 radical (unpaired) electrons. The number of alkyl halides is 3. The largest absolute Gasteiger partial charge is 0.418 e. The van der Waals surface area contributed by atoms with Gasteiger partial charge in [-0.2, -0.15) is 24.5 Å². The van der Waals surface area contributed by atoms with Crippen molar-refractivity contribution < 1.29 is 13.2 Å². The molecule has 0 bridgehead atoms. The molecule has 0 aliphatic heterocycles. The summed E-state index contributed by atoms with van der Waals surface area (Å²) < 4.78 is 41.2. The van der Waals surface area contributed by atoms with E-state index in [9.17, 15) is 13.2 Å². The smallest absolute Gasteiger partial charge is 0.381 e. The Morgan fingerprint density at radius 3 is 2.44 bits per heavy atom. The van der Waals surface area contributed by atoms with Crippen LogP contribution in [0, 0.1) is 0 Å². The van der Waals surface area contributed by atoms with E-state index in [0.29, 0.717) is 18.4 Å². The molecule has 0 saturated heterocycles. The highest BCUT2D eigenvalue weighted by molar-refractivity contribution is 7.07. The molecule has 0 saturated carbocycles. The summed E-state index contributed by atoms with van der Waals surface area (Å²) in [6.45, 7) is 0.680. The SMILES string of the molecule is FC(F)(F)c1cccc2c(-c3cccc(NCc4ccsc4)c3)c(Cc3ccccc3)cnc12. The average molecular weight is 475 g/mol. The summed E-state index contributed by atoms with van der Waals surface area (Å²) in [5.41, 5.74) is 4.93. The van der Waals surface area contributed by atoms with Gasteiger partial charge in [0.05, 0.1) is 11.1 Å². The van der Waals surface area contributed by atoms with Crippen molar-refractivity contribution in [2.45, 2.75) is 19.1 Å². The number of aromatic nitrogens is 1. The van der Waals surface area contributed by atoms with Crippen LogP contribution < -0.4 is 5.32 Å². The highest BCUT2D eigenvalue weighted by Gasteiger charge is 2.33. The quantitative estimate of drug-likeness (QED) is 0.268. The van der Waals surface area contributed by atoms with Gasteiger partial charge in [-0.25, -0.2) is 0 Å². The van der Waals surface area contributed by atoms with Crippen LogP contribution in [0.3, 0.4) is 0 Å². The predicted molar refractivity (Wildman–Crippen MR) is 133 cm³/mol. The van der Waals surface area contributed by atoms with Gasteiger partial charge >= 0.3 is 6.18 Å². The zero-order valence-corrected chi connectivity index (χ0v) is 19.0. The number of rotatable bonds is 6. The number of hydrogen-bond acceptors (Lipinski definition) is 3. The van der Waals surface area contributed by atoms with Crippen LogP contribution in [0.1, 0.15) is 22.3 Å². The van der Waals surface area contributed by atoms with Crippen molar-refractivity contribution in [2.75, 3.05) is 5.32 Å². The lowest BCUT2D eigenvalue weighted by Crippen LogP contribution is -2.07. The van der Waals surface area contributed by atoms with Crippen LogP contribution in [0.5, 0.6) is 0 Å². The fourth-order valence-corrected chi connectivity index (χ4v) is 4.83. The van der Waals surface area contributed by atoms with Gasteiger partial charge in [0.2, 0.25) is 0 Å². The van der Waals surface area contributed by atoms with Crippen LogP contribution in [0.2, 0.25) is 0 Å². The molecular weight excluding hydrogens is 453 g/mol. The van der Waals surface area contributed by atoms with E-state index in [0.717, 1.165) is 34.0 Å². The first-order valence-electron chi connectivity index (χ1n) is 10.9. The van der Waals surface area contributed by atoms with Crippen LogP contribution in [0.25, 0.3) is 22.0 Å². The molecule has 5 aromatic rings. The molecule has 1 N–H and O–H groups in total. The second-order valence-electron chi connectivity index (χ2n) is 8.09. The van der Waals surface area contributed by atoms with E-state index in [4.69, 9.17) is 0 Å². The molecule has 0 aliphatic rings. The number of halogens is 3. The van der Waals surface area contributed by atoms with E-state index in [1.54, 1.807) is 23.6 Å². The molecule has 0 atom stereocenters. The molecule has 5 rings (SSSR count). The zero-order valence-electron chi connectivity index (χ0n) is 18.1. The standard InChI is InChI=1S/C28H21F3N2S/c29-28(30,31)25-11-5-10-24-26(22(17-33-27(24)25)14-19-6-2-1-3-7-19)21-8-4-9-23(15-21)32-16-20-12-13-34-18-20/h1-13,15,17-18,32H,14,16H2. The second-order valence-corrected chi connectivity index (χ2v) is 8.87.